The van der Waals surface area contributed by atoms with Crippen LogP contribution in [0, 0.1) is 0 Å². The standard InChI is InChI=1S/C19H27N5O4/c1-2-24-18-15(9-21-24)17(22-12-3-5-13(27)6-4-12)14(8-20-18)16-7-19(10-25,11-26)28-23-16/h7-9,12-13,23,25-27H,2-6,10-11H2,1H3,(H,20,22). The first-order valence-electron chi connectivity index (χ1n) is 9.77. The molecule has 4 rings (SSSR count). The van der Waals surface area contributed by atoms with E-state index in [0.29, 0.717) is 12.2 Å². The summed E-state index contributed by atoms with van der Waals surface area (Å²) in [6, 6.07) is 0.237. The molecule has 1 fully saturated rings. The maximum Gasteiger partial charge on any atom is 0.162 e. The zero-order valence-corrected chi connectivity index (χ0v) is 15.9. The van der Waals surface area contributed by atoms with Crippen molar-refractivity contribution in [3.8, 4) is 0 Å². The second-order valence-corrected chi connectivity index (χ2v) is 7.54. The average Bonchev–Trinajstić information content (AvgIpc) is 3.34. The van der Waals surface area contributed by atoms with Crippen LogP contribution in [-0.2, 0) is 11.4 Å². The molecule has 0 spiro atoms. The van der Waals surface area contributed by atoms with Crippen LogP contribution in [0.3, 0.4) is 0 Å². The molecule has 0 saturated heterocycles. The molecule has 2 aliphatic rings. The number of aliphatic hydroxyl groups is 3. The maximum absolute atomic E-state index is 9.81. The Morgan fingerprint density at radius 3 is 2.64 bits per heavy atom. The van der Waals surface area contributed by atoms with Gasteiger partial charge in [-0.1, -0.05) is 0 Å². The molecule has 0 aromatic carbocycles. The van der Waals surface area contributed by atoms with Gasteiger partial charge in [-0.3, -0.25) is 10.3 Å². The van der Waals surface area contributed by atoms with Gasteiger partial charge in [0.25, 0.3) is 0 Å². The normalized spacial score (nSPS) is 24.2. The summed E-state index contributed by atoms with van der Waals surface area (Å²) >= 11 is 0. The van der Waals surface area contributed by atoms with Crippen LogP contribution in [0.5, 0.6) is 0 Å². The number of rotatable bonds is 6. The molecule has 1 aliphatic carbocycles. The second kappa shape index (κ2) is 7.67. The van der Waals surface area contributed by atoms with Crippen molar-refractivity contribution in [2.45, 2.75) is 56.9 Å². The van der Waals surface area contributed by atoms with E-state index in [-0.39, 0.29) is 25.4 Å². The summed E-state index contributed by atoms with van der Waals surface area (Å²) < 4.78 is 1.84. The molecule has 3 heterocycles. The monoisotopic (exact) mass is 389 g/mol. The van der Waals surface area contributed by atoms with Crippen molar-refractivity contribution in [1.29, 1.82) is 0 Å². The van der Waals surface area contributed by atoms with Crippen LogP contribution < -0.4 is 10.8 Å². The van der Waals surface area contributed by atoms with Crippen molar-refractivity contribution in [1.82, 2.24) is 20.2 Å². The zero-order chi connectivity index (χ0) is 19.7. The Bertz CT molecular complexity index is 869. The van der Waals surface area contributed by atoms with E-state index < -0.39 is 5.60 Å². The van der Waals surface area contributed by atoms with Crippen LogP contribution in [-0.4, -0.2) is 61.0 Å². The van der Waals surface area contributed by atoms with E-state index in [9.17, 15) is 15.3 Å². The third-order valence-corrected chi connectivity index (χ3v) is 5.61. The van der Waals surface area contributed by atoms with E-state index >= 15 is 0 Å². The predicted octanol–water partition coefficient (Wildman–Crippen LogP) is 0.766. The molecule has 1 saturated carbocycles. The molecule has 5 N–H and O–H groups in total. The van der Waals surface area contributed by atoms with Gasteiger partial charge in [0.05, 0.1) is 42.3 Å². The van der Waals surface area contributed by atoms with Crippen molar-refractivity contribution in [2.75, 3.05) is 18.5 Å². The van der Waals surface area contributed by atoms with E-state index in [1.54, 1.807) is 18.5 Å². The van der Waals surface area contributed by atoms with Crippen LogP contribution in [0.25, 0.3) is 16.7 Å². The first kappa shape index (κ1) is 19.1. The topological polar surface area (TPSA) is 125 Å². The number of pyridine rings is 1. The molecule has 0 radical (unpaired) electrons. The number of hydroxylamine groups is 1. The van der Waals surface area contributed by atoms with Gasteiger partial charge in [0, 0.05) is 24.3 Å². The lowest BCUT2D eigenvalue weighted by Crippen LogP contribution is -2.37. The van der Waals surface area contributed by atoms with Gasteiger partial charge in [0.2, 0.25) is 0 Å². The first-order chi connectivity index (χ1) is 13.6. The van der Waals surface area contributed by atoms with Gasteiger partial charge in [-0.2, -0.15) is 5.10 Å². The van der Waals surface area contributed by atoms with Gasteiger partial charge < -0.3 is 20.6 Å². The van der Waals surface area contributed by atoms with E-state index in [0.717, 1.165) is 48.0 Å². The number of aliphatic hydroxyl groups excluding tert-OH is 3. The summed E-state index contributed by atoms with van der Waals surface area (Å²) in [4.78, 5) is 10.0. The molecule has 2 aromatic heterocycles. The summed E-state index contributed by atoms with van der Waals surface area (Å²) in [7, 11) is 0. The van der Waals surface area contributed by atoms with Gasteiger partial charge in [-0.25, -0.2) is 9.67 Å². The summed E-state index contributed by atoms with van der Waals surface area (Å²) in [6.07, 6.45) is 8.34. The van der Waals surface area contributed by atoms with Crippen LogP contribution in [0.15, 0.2) is 18.5 Å². The highest BCUT2D eigenvalue weighted by Crippen LogP contribution is 2.35. The molecular weight excluding hydrogens is 362 g/mol. The summed E-state index contributed by atoms with van der Waals surface area (Å²) in [5.74, 6) is 0. The maximum atomic E-state index is 9.81. The molecule has 0 bridgehead atoms. The Morgan fingerprint density at radius 1 is 1.25 bits per heavy atom. The number of fused-ring (bicyclic) bond motifs is 1. The number of aryl methyl sites for hydroxylation is 1. The molecule has 28 heavy (non-hydrogen) atoms. The zero-order valence-electron chi connectivity index (χ0n) is 15.9. The fraction of sp³-hybridized carbons (Fsp3) is 0.579. The molecule has 9 heteroatoms. The number of anilines is 1. The van der Waals surface area contributed by atoms with Crippen molar-refractivity contribution in [2.24, 2.45) is 0 Å². The Labute approximate surface area is 163 Å². The van der Waals surface area contributed by atoms with Gasteiger partial charge in [-0.15, -0.1) is 0 Å². The highest BCUT2D eigenvalue weighted by molar-refractivity contribution is 5.95. The van der Waals surface area contributed by atoms with Gasteiger partial charge in [0.1, 0.15) is 0 Å². The van der Waals surface area contributed by atoms with Crippen molar-refractivity contribution in [3.05, 3.63) is 24.0 Å². The van der Waals surface area contributed by atoms with Crippen LogP contribution in [0.4, 0.5) is 5.69 Å². The fourth-order valence-electron chi connectivity index (χ4n) is 3.86. The lowest BCUT2D eigenvalue weighted by atomic mass is 9.92. The highest BCUT2D eigenvalue weighted by atomic mass is 16.7. The lowest BCUT2D eigenvalue weighted by Gasteiger charge is -2.28. The largest absolute Gasteiger partial charge is 0.393 e. The van der Waals surface area contributed by atoms with Crippen LogP contribution in [0.2, 0.25) is 0 Å². The van der Waals surface area contributed by atoms with Gasteiger partial charge in [-0.05, 0) is 38.7 Å². The van der Waals surface area contributed by atoms with E-state index in [2.05, 4.69) is 20.9 Å². The molecule has 0 unspecified atom stereocenters. The molecule has 9 nitrogen and oxygen atoms in total. The Balaban J connectivity index is 1.75. The minimum Gasteiger partial charge on any atom is -0.393 e. The molecule has 0 amide bonds. The highest BCUT2D eigenvalue weighted by Gasteiger charge is 2.35. The minimum atomic E-state index is -1.16. The van der Waals surface area contributed by atoms with Crippen molar-refractivity contribution in [3.63, 3.8) is 0 Å². The number of hydrogen-bond donors (Lipinski definition) is 5. The van der Waals surface area contributed by atoms with Crippen molar-refractivity contribution >= 4 is 22.4 Å². The Hall–Kier alpha value is -2.20. The van der Waals surface area contributed by atoms with Gasteiger partial charge in [0.15, 0.2) is 11.2 Å². The summed E-state index contributed by atoms with van der Waals surface area (Å²) in [5, 5.41) is 38.0. The van der Waals surface area contributed by atoms with E-state index in [1.165, 1.54) is 0 Å². The molecular formula is C19H27N5O4. The minimum absolute atomic E-state index is 0.222. The number of hydrogen-bond acceptors (Lipinski definition) is 8. The average molecular weight is 389 g/mol. The molecule has 0 atom stereocenters. The Morgan fingerprint density at radius 2 is 2.00 bits per heavy atom. The van der Waals surface area contributed by atoms with Crippen LogP contribution >= 0.6 is 0 Å². The molecule has 2 aromatic rings. The number of aromatic nitrogens is 3. The summed E-state index contributed by atoms with van der Waals surface area (Å²) in [5.41, 5.74) is 4.78. The first-order valence-corrected chi connectivity index (χ1v) is 9.77. The van der Waals surface area contributed by atoms with Crippen molar-refractivity contribution < 1.29 is 20.2 Å². The van der Waals surface area contributed by atoms with Crippen LogP contribution in [0.1, 0.15) is 38.2 Å². The fourth-order valence-corrected chi connectivity index (χ4v) is 3.86. The quantitative estimate of drug-likeness (QED) is 0.491. The second-order valence-electron chi connectivity index (χ2n) is 7.54. The Kier molecular flexibility index (Phi) is 5.24. The van der Waals surface area contributed by atoms with Gasteiger partial charge >= 0.3 is 0 Å². The SMILES string of the molecule is CCn1ncc2c(NC3CCC(O)CC3)c(C3=CC(CO)(CO)ON3)cnc21. The third-order valence-electron chi connectivity index (χ3n) is 5.61. The number of nitrogens with zero attached hydrogens (tertiary/aromatic N) is 3. The smallest absolute Gasteiger partial charge is 0.162 e. The summed E-state index contributed by atoms with van der Waals surface area (Å²) in [6.45, 7) is 2.05. The molecule has 152 valence electrons. The molecule has 1 aliphatic heterocycles. The predicted molar refractivity (Wildman–Crippen MR) is 104 cm³/mol. The lowest BCUT2D eigenvalue weighted by molar-refractivity contribution is -0.0922. The van der Waals surface area contributed by atoms with E-state index in [1.807, 2.05) is 11.6 Å². The third kappa shape index (κ3) is 3.35. The number of nitrogens with one attached hydrogen (secondary N) is 2. The van der Waals surface area contributed by atoms with E-state index in [4.69, 9.17) is 4.84 Å².